The molecule has 1 saturated heterocycles. The van der Waals surface area contributed by atoms with Crippen LogP contribution in [-0.2, 0) is 6.54 Å². The topological polar surface area (TPSA) is 47.1 Å². The molecule has 15 heavy (non-hydrogen) atoms. The lowest BCUT2D eigenvalue weighted by Crippen LogP contribution is -2.34. The molecule has 0 saturated carbocycles. The smallest absolute Gasteiger partial charge is 0.200 e. The third kappa shape index (κ3) is 2.50. The van der Waals surface area contributed by atoms with Gasteiger partial charge in [0.05, 0.1) is 5.69 Å². The Morgan fingerprint density at radius 1 is 1.60 bits per heavy atom. The molecule has 84 valence electrons. The summed E-state index contributed by atoms with van der Waals surface area (Å²) in [6.45, 7) is 5.41. The summed E-state index contributed by atoms with van der Waals surface area (Å²) in [5, 5.41) is 0. The second-order valence-electron chi connectivity index (χ2n) is 4.66. The summed E-state index contributed by atoms with van der Waals surface area (Å²) in [5.74, 6) is 1.38. The van der Waals surface area contributed by atoms with E-state index in [1.54, 1.807) is 0 Å². The first-order valence-corrected chi connectivity index (χ1v) is 5.63. The van der Waals surface area contributed by atoms with Crippen molar-refractivity contribution in [3.05, 3.63) is 11.9 Å². The van der Waals surface area contributed by atoms with Crippen LogP contribution in [0.15, 0.2) is 6.20 Å². The monoisotopic (exact) mass is 208 g/mol. The zero-order valence-corrected chi connectivity index (χ0v) is 9.61. The fraction of sp³-hybridized carbons (Fsp3) is 0.727. The molecule has 0 amide bonds. The van der Waals surface area contributed by atoms with Gasteiger partial charge in [-0.3, -0.25) is 0 Å². The van der Waals surface area contributed by atoms with Crippen molar-refractivity contribution < 1.29 is 0 Å². The minimum absolute atomic E-state index is 0.653. The van der Waals surface area contributed by atoms with E-state index >= 15 is 0 Å². The van der Waals surface area contributed by atoms with Crippen molar-refractivity contribution in [2.45, 2.75) is 26.3 Å². The molecule has 1 aromatic rings. The van der Waals surface area contributed by atoms with E-state index in [4.69, 9.17) is 5.73 Å². The quantitative estimate of drug-likeness (QED) is 0.792. The first-order chi connectivity index (χ1) is 7.15. The van der Waals surface area contributed by atoms with E-state index in [1.165, 1.54) is 25.9 Å². The summed E-state index contributed by atoms with van der Waals surface area (Å²) in [6.07, 6.45) is 4.65. The molecule has 1 aliphatic rings. The summed E-state index contributed by atoms with van der Waals surface area (Å²) in [7, 11) is 2.19. The lowest BCUT2D eigenvalue weighted by Gasteiger charge is -2.29. The third-order valence-corrected chi connectivity index (χ3v) is 3.10. The number of hydrogen-bond acceptors (Lipinski definition) is 3. The van der Waals surface area contributed by atoms with Crippen molar-refractivity contribution in [2.75, 3.05) is 25.9 Å². The Kier molecular flexibility index (Phi) is 2.95. The Labute approximate surface area is 91.1 Å². The normalized spacial score (nSPS) is 23.2. The molecule has 1 atom stereocenters. The molecule has 1 fully saturated rings. The van der Waals surface area contributed by atoms with Gasteiger partial charge < -0.3 is 15.2 Å². The maximum absolute atomic E-state index is 5.83. The number of nitrogens with zero attached hydrogens (tertiary/aromatic N) is 3. The molecular weight excluding hydrogens is 188 g/mol. The van der Waals surface area contributed by atoms with Crippen LogP contribution in [0.5, 0.6) is 0 Å². The maximum atomic E-state index is 5.83. The number of imidazole rings is 1. The van der Waals surface area contributed by atoms with Gasteiger partial charge in [0.2, 0.25) is 0 Å². The average molecular weight is 208 g/mol. The summed E-state index contributed by atoms with van der Waals surface area (Å²) >= 11 is 0. The summed E-state index contributed by atoms with van der Waals surface area (Å²) in [6, 6.07) is 0. The van der Waals surface area contributed by atoms with Crippen LogP contribution in [-0.4, -0.2) is 34.6 Å². The molecule has 1 aromatic heterocycles. The van der Waals surface area contributed by atoms with Crippen LogP contribution in [0.2, 0.25) is 0 Å². The number of aromatic nitrogens is 2. The van der Waals surface area contributed by atoms with Gasteiger partial charge in [0.1, 0.15) is 0 Å². The minimum Gasteiger partial charge on any atom is -0.369 e. The number of nitrogens with two attached hydrogens (primary N) is 1. The number of likely N-dealkylation sites (tertiary alicyclic amines) is 1. The van der Waals surface area contributed by atoms with E-state index in [0.717, 1.165) is 18.2 Å². The van der Waals surface area contributed by atoms with Crippen LogP contribution in [0.4, 0.5) is 5.95 Å². The van der Waals surface area contributed by atoms with Crippen molar-refractivity contribution in [3.63, 3.8) is 0 Å². The molecule has 0 aliphatic carbocycles. The Morgan fingerprint density at radius 3 is 3.00 bits per heavy atom. The highest BCUT2D eigenvalue weighted by molar-refractivity contribution is 5.21. The SMILES string of the molecule is Cc1cn(CC2CCCN(C)C2)c(N)n1. The van der Waals surface area contributed by atoms with Crippen molar-refractivity contribution in [3.8, 4) is 0 Å². The van der Waals surface area contributed by atoms with Gasteiger partial charge in [-0.2, -0.15) is 0 Å². The minimum atomic E-state index is 0.653. The average Bonchev–Trinajstić information content (AvgIpc) is 2.45. The van der Waals surface area contributed by atoms with Crippen LogP contribution < -0.4 is 5.73 Å². The Hall–Kier alpha value is -1.03. The van der Waals surface area contributed by atoms with E-state index in [0.29, 0.717) is 5.95 Å². The van der Waals surface area contributed by atoms with E-state index in [1.807, 2.05) is 13.1 Å². The van der Waals surface area contributed by atoms with Crippen molar-refractivity contribution in [2.24, 2.45) is 5.92 Å². The second-order valence-corrected chi connectivity index (χ2v) is 4.66. The van der Waals surface area contributed by atoms with E-state index in [9.17, 15) is 0 Å². The first kappa shape index (κ1) is 10.5. The lowest BCUT2D eigenvalue weighted by atomic mass is 9.98. The number of hydrogen-bond donors (Lipinski definition) is 1. The summed E-state index contributed by atoms with van der Waals surface area (Å²) < 4.78 is 2.08. The number of anilines is 1. The van der Waals surface area contributed by atoms with Gasteiger partial charge in [0.25, 0.3) is 0 Å². The van der Waals surface area contributed by atoms with Gasteiger partial charge in [-0.1, -0.05) is 0 Å². The molecule has 0 radical (unpaired) electrons. The second kappa shape index (κ2) is 4.23. The highest BCUT2D eigenvalue weighted by Gasteiger charge is 2.18. The van der Waals surface area contributed by atoms with Gasteiger partial charge in [-0.25, -0.2) is 4.98 Å². The highest BCUT2D eigenvalue weighted by atomic mass is 15.2. The molecular formula is C11H20N4. The highest BCUT2D eigenvalue weighted by Crippen LogP contribution is 2.18. The molecule has 0 spiro atoms. The molecule has 0 bridgehead atoms. The van der Waals surface area contributed by atoms with Crippen LogP contribution in [0.1, 0.15) is 18.5 Å². The molecule has 2 N–H and O–H groups in total. The molecule has 1 unspecified atom stereocenters. The van der Waals surface area contributed by atoms with Crippen molar-refractivity contribution in [1.29, 1.82) is 0 Å². The van der Waals surface area contributed by atoms with Crippen LogP contribution >= 0.6 is 0 Å². The van der Waals surface area contributed by atoms with Gasteiger partial charge >= 0.3 is 0 Å². The van der Waals surface area contributed by atoms with Crippen molar-refractivity contribution >= 4 is 5.95 Å². The zero-order chi connectivity index (χ0) is 10.8. The van der Waals surface area contributed by atoms with Gasteiger partial charge in [-0.05, 0) is 39.3 Å². The van der Waals surface area contributed by atoms with Crippen molar-refractivity contribution in [1.82, 2.24) is 14.5 Å². The predicted molar refractivity (Wildman–Crippen MR) is 61.6 cm³/mol. The standard InChI is InChI=1S/C11H20N4/c1-9-6-15(11(12)13-9)8-10-4-3-5-14(2)7-10/h6,10H,3-5,7-8H2,1-2H3,(H2,12,13). The molecule has 4 heteroatoms. The molecule has 2 rings (SSSR count). The molecule has 0 aromatic carbocycles. The lowest BCUT2D eigenvalue weighted by molar-refractivity contribution is 0.195. The van der Waals surface area contributed by atoms with Gasteiger partial charge in [0.15, 0.2) is 5.95 Å². The first-order valence-electron chi connectivity index (χ1n) is 5.63. The Morgan fingerprint density at radius 2 is 2.40 bits per heavy atom. The van der Waals surface area contributed by atoms with E-state index < -0.39 is 0 Å². The van der Waals surface area contributed by atoms with Crippen LogP contribution in [0.3, 0.4) is 0 Å². The largest absolute Gasteiger partial charge is 0.369 e. The van der Waals surface area contributed by atoms with E-state index in [-0.39, 0.29) is 0 Å². The van der Waals surface area contributed by atoms with Gasteiger partial charge in [-0.15, -0.1) is 0 Å². The van der Waals surface area contributed by atoms with Crippen LogP contribution in [0, 0.1) is 12.8 Å². The fourth-order valence-corrected chi connectivity index (χ4v) is 2.41. The van der Waals surface area contributed by atoms with Crippen LogP contribution in [0.25, 0.3) is 0 Å². The number of piperidine rings is 1. The Balaban J connectivity index is 1.99. The van der Waals surface area contributed by atoms with E-state index in [2.05, 4.69) is 21.5 Å². The Bertz CT molecular complexity index is 331. The molecule has 4 nitrogen and oxygen atoms in total. The molecule has 1 aliphatic heterocycles. The maximum Gasteiger partial charge on any atom is 0.200 e. The fourth-order valence-electron chi connectivity index (χ4n) is 2.41. The van der Waals surface area contributed by atoms with Gasteiger partial charge in [0, 0.05) is 19.3 Å². The third-order valence-electron chi connectivity index (χ3n) is 3.10. The number of aryl methyl sites for hydroxylation is 1. The number of nitrogen functional groups attached to an aromatic ring is 1. The number of rotatable bonds is 2. The predicted octanol–water partition coefficient (Wildman–Crippen LogP) is 1.12. The zero-order valence-electron chi connectivity index (χ0n) is 9.61. The summed E-state index contributed by atoms with van der Waals surface area (Å²) in [4.78, 5) is 6.62. The molecule has 2 heterocycles. The summed E-state index contributed by atoms with van der Waals surface area (Å²) in [5.41, 5.74) is 6.84.